The predicted molar refractivity (Wildman–Crippen MR) is 114 cm³/mol. The Kier molecular flexibility index (Phi) is 8.73. The highest BCUT2D eigenvalue weighted by Gasteiger charge is 2.37. The van der Waals surface area contributed by atoms with Gasteiger partial charge >= 0.3 is 6.03 Å². The third kappa shape index (κ3) is 5.69. The predicted octanol–water partition coefficient (Wildman–Crippen LogP) is 2.63. The van der Waals surface area contributed by atoms with Crippen molar-refractivity contribution in [3.05, 3.63) is 35.9 Å². The zero-order valence-corrected chi connectivity index (χ0v) is 17.4. The summed E-state index contributed by atoms with van der Waals surface area (Å²) in [5.41, 5.74) is 7.26. The van der Waals surface area contributed by atoms with Crippen LogP contribution in [-0.2, 0) is 4.79 Å². The highest BCUT2D eigenvalue weighted by Crippen LogP contribution is 2.33. The van der Waals surface area contributed by atoms with E-state index in [0.29, 0.717) is 18.4 Å². The van der Waals surface area contributed by atoms with E-state index in [0.717, 1.165) is 38.8 Å². The van der Waals surface area contributed by atoms with Crippen LogP contribution in [0.15, 0.2) is 30.3 Å². The summed E-state index contributed by atoms with van der Waals surface area (Å²) in [7, 11) is 0. The molecule has 1 unspecified atom stereocenters. The summed E-state index contributed by atoms with van der Waals surface area (Å²) in [6.07, 6.45) is 5.52. The van der Waals surface area contributed by atoms with Gasteiger partial charge in [0.25, 0.3) is 0 Å². The fraction of sp³-hybridized carbons (Fsp3) is 0.619. The monoisotopic (exact) mass is 408 g/mol. The summed E-state index contributed by atoms with van der Waals surface area (Å²) in [5, 5.41) is 5.47. The molecule has 28 heavy (non-hydrogen) atoms. The standard InChI is InChI=1S/C21H32N4O2.ClH/c1-15(20(26)24-21(27)23-18-10-6-3-7-11-18)25-13-17(12-22)19(14-25)16-8-4-2-5-9-16;/h2,4-5,8-9,15,17-19H,3,6-7,10-14,22H2,1H3,(H2,23,24,26,27);1H/t15?,17-,19+;/m1./s1. The number of nitrogens with one attached hydrogen (secondary N) is 2. The van der Waals surface area contributed by atoms with Crippen LogP contribution in [0.2, 0.25) is 0 Å². The van der Waals surface area contributed by atoms with Gasteiger partial charge in [-0.1, -0.05) is 49.6 Å². The van der Waals surface area contributed by atoms with E-state index >= 15 is 0 Å². The maximum Gasteiger partial charge on any atom is 0.321 e. The molecule has 6 nitrogen and oxygen atoms in total. The fourth-order valence-electron chi connectivity index (χ4n) is 4.39. The number of nitrogens with two attached hydrogens (primary N) is 1. The van der Waals surface area contributed by atoms with Gasteiger partial charge in [0.15, 0.2) is 0 Å². The minimum absolute atomic E-state index is 0. The van der Waals surface area contributed by atoms with Crippen LogP contribution in [0.3, 0.4) is 0 Å². The number of carbonyl (C=O) groups is 2. The van der Waals surface area contributed by atoms with E-state index in [1.807, 2.05) is 25.1 Å². The lowest BCUT2D eigenvalue weighted by Crippen LogP contribution is -2.51. The highest BCUT2D eigenvalue weighted by atomic mass is 35.5. The van der Waals surface area contributed by atoms with Crippen LogP contribution in [0.1, 0.15) is 50.5 Å². The maximum atomic E-state index is 12.6. The van der Waals surface area contributed by atoms with Crippen molar-refractivity contribution in [3.8, 4) is 0 Å². The average Bonchev–Trinajstić information content (AvgIpc) is 3.13. The molecule has 2 aliphatic rings. The van der Waals surface area contributed by atoms with Crippen molar-refractivity contribution < 1.29 is 9.59 Å². The molecule has 1 aliphatic heterocycles. The first-order valence-electron chi connectivity index (χ1n) is 10.2. The Hall–Kier alpha value is -1.63. The van der Waals surface area contributed by atoms with Crippen molar-refractivity contribution in [3.63, 3.8) is 0 Å². The van der Waals surface area contributed by atoms with Crippen molar-refractivity contribution in [2.75, 3.05) is 19.6 Å². The first kappa shape index (κ1) is 22.7. The van der Waals surface area contributed by atoms with Crippen LogP contribution >= 0.6 is 12.4 Å². The van der Waals surface area contributed by atoms with Gasteiger partial charge < -0.3 is 11.1 Å². The zero-order chi connectivity index (χ0) is 19.2. The summed E-state index contributed by atoms with van der Waals surface area (Å²) >= 11 is 0. The van der Waals surface area contributed by atoms with Crippen molar-refractivity contribution in [2.45, 2.75) is 57.0 Å². The summed E-state index contributed by atoms with van der Waals surface area (Å²) in [4.78, 5) is 26.9. The molecule has 7 heteroatoms. The van der Waals surface area contributed by atoms with E-state index in [9.17, 15) is 9.59 Å². The van der Waals surface area contributed by atoms with Gasteiger partial charge in [0.2, 0.25) is 5.91 Å². The van der Waals surface area contributed by atoms with Crippen LogP contribution in [0.4, 0.5) is 4.79 Å². The van der Waals surface area contributed by atoms with E-state index in [1.54, 1.807) is 0 Å². The quantitative estimate of drug-likeness (QED) is 0.698. The zero-order valence-electron chi connectivity index (χ0n) is 16.6. The Morgan fingerprint density at radius 1 is 1.14 bits per heavy atom. The van der Waals surface area contributed by atoms with Crippen molar-refractivity contribution in [1.29, 1.82) is 0 Å². The molecule has 0 bridgehead atoms. The van der Waals surface area contributed by atoms with Gasteiger partial charge in [0.05, 0.1) is 6.04 Å². The van der Waals surface area contributed by atoms with E-state index in [-0.39, 0.29) is 36.4 Å². The van der Waals surface area contributed by atoms with Gasteiger partial charge in [-0.25, -0.2) is 4.79 Å². The number of urea groups is 1. The number of carbonyl (C=O) groups excluding carboxylic acids is 2. The Morgan fingerprint density at radius 2 is 1.82 bits per heavy atom. The lowest BCUT2D eigenvalue weighted by atomic mass is 9.89. The minimum Gasteiger partial charge on any atom is -0.335 e. The molecule has 156 valence electrons. The van der Waals surface area contributed by atoms with Gasteiger partial charge in [-0.05, 0) is 37.8 Å². The first-order valence-corrected chi connectivity index (χ1v) is 10.2. The molecule has 4 N–H and O–H groups in total. The van der Waals surface area contributed by atoms with Gasteiger partial charge in [-0.15, -0.1) is 12.4 Å². The number of benzene rings is 1. The number of nitrogens with zero attached hydrogens (tertiary/aromatic N) is 1. The molecule has 1 aromatic carbocycles. The molecule has 3 amide bonds. The van der Waals surface area contributed by atoms with E-state index in [2.05, 4.69) is 27.7 Å². The highest BCUT2D eigenvalue weighted by molar-refractivity contribution is 5.96. The molecule has 0 spiro atoms. The van der Waals surface area contributed by atoms with E-state index in [4.69, 9.17) is 5.73 Å². The molecule has 1 saturated carbocycles. The van der Waals surface area contributed by atoms with Crippen LogP contribution in [0, 0.1) is 5.92 Å². The third-order valence-corrected chi connectivity index (χ3v) is 6.10. The van der Waals surface area contributed by atoms with Crippen molar-refractivity contribution >= 4 is 24.3 Å². The molecule has 1 aliphatic carbocycles. The number of likely N-dealkylation sites (tertiary alicyclic amines) is 1. The molecule has 1 heterocycles. The molecule has 0 aromatic heterocycles. The molecular weight excluding hydrogens is 376 g/mol. The second kappa shape index (κ2) is 10.8. The first-order chi connectivity index (χ1) is 13.1. The molecule has 2 fully saturated rings. The molecule has 1 aromatic rings. The Morgan fingerprint density at radius 3 is 2.46 bits per heavy atom. The number of hydrogen-bond acceptors (Lipinski definition) is 4. The van der Waals surface area contributed by atoms with E-state index in [1.165, 1.54) is 12.0 Å². The molecule has 3 rings (SSSR count). The number of rotatable bonds is 5. The maximum absolute atomic E-state index is 12.6. The van der Waals surface area contributed by atoms with E-state index < -0.39 is 0 Å². The normalized spacial score (nSPS) is 24.2. The lowest BCUT2D eigenvalue weighted by molar-refractivity contribution is -0.124. The number of imide groups is 1. The lowest BCUT2D eigenvalue weighted by Gasteiger charge is -2.25. The fourth-order valence-corrected chi connectivity index (χ4v) is 4.39. The number of amides is 3. The summed E-state index contributed by atoms with van der Waals surface area (Å²) < 4.78 is 0. The van der Waals surface area contributed by atoms with Gasteiger partial charge in [0, 0.05) is 25.0 Å². The second-order valence-electron chi connectivity index (χ2n) is 7.94. The third-order valence-electron chi connectivity index (χ3n) is 6.10. The Balaban J connectivity index is 0.00000280. The van der Waals surface area contributed by atoms with Crippen LogP contribution in [-0.4, -0.2) is 48.6 Å². The van der Waals surface area contributed by atoms with Crippen molar-refractivity contribution in [2.24, 2.45) is 11.7 Å². The average molecular weight is 409 g/mol. The van der Waals surface area contributed by atoms with Crippen molar-refractivity contribution in [1.82, 2.24) is 15.5 Å². The summed E-state index contributed by atoms with van der Waals surface area (Å²) in [6.45, 7) is 4.01. The summed E-state index contributed by atoms with van der Waals surface area (Å²) in [5.74, 6) is 0.397. The summed E-state index contributed by atoms with van der Waals surface area (Å²) in [6, 6.07) is 9.80. The Bertz CT molecular complexity index is 637. The van der Waals surface area contributed by atoms with Crippen LogP contribution in [0.25, 0.3) is 0 Å². The van der Waals surface area contributed by atoms with Gasteiger partial charge in [-0.2, -0.15) is 0 Å². The molecular formula is C21H33ClN4O2. The molecule has 1 saturated heterocycles. The largest absolute Gasteiger partial charge is 0.335 e. The van der Waals surface area contributed by atoms with Crippen LogP contribution < -0.4 is 16.4 Å². The van der Waals surface area contributed by atoms with Gasteiger partial charge in [0.1, 0.15) is 0 Å². The Labute approximate surface area is 174 Å². The molecule has 3 atom stereocenters. The number of halogens is 1. The molecule has 0 radical (unpaired) electrons. The topological polar surface area (TPSA) is 87.5 Å². The van der Waals surface area contributed by atoms with Gasteiger partial charge in [-0.3, -0.25) is 15.0 Å². The van der Waals surface area contributed by atoms with Crippen LogP contribution in [0.5, 0.6) is 0 Å². The minimum atomic E-state index is -0.368. The smallest absolute Gasteiger partial charge is 0.321 e. The SMILES string of the molecule is CC(C(=O)NC(=O)NC1CCCCC1)N1C[C@@H](CN)[C@H](c2ccccc2)C1.Cl. The number of hydrogen-bond donors (Lipinski definition) is 3. The second-order valence-corrected chi connectivity index (χ2v) is 7.94.